The molecule has 0 amide bonds. The summed E-state index contributed by atoms with van der Waals surface area (Å²) in [5, 5.41) is 7.30. The Labute approximate surface area is 110 Å². The first-order valence-corrected chi connectivity index (χ1v) is 6.38. The average Bonchev–Trinajstić information content (AvgIpc) is 2.34. The monoisotopic (exact) mass is 297 g/mol. The molecule has 4 nitrogen and oxygen atoms in total. The summed E-state index contributed by atoms with van der Waals surface area (Å²) in [5.41, 5.74) is 0.510. The van der Waals surface area contributed by atoms with Crippen LogP contribution < -0.4 is 10.9 Å². The molecule has 0 aliphatic carbocycles. The van der Waals surface area contributed by atoms with Gasteiger partial charge in [-0.25, -0.2) is 4.68 Å². The molecule has 17 heavy (non-hydrogen) atoms. The van der Waals surface area contributed by atoms with E-state index >= 15 is 0 Å². The van der Waals surface area contributed by atoms with E-state index in [0.29, 0.717) is 10.5 Å². The van der Waals surface area contributed by atoms with Crippen LogP contribution in [0, 0.1) is 12.3 Å². The molecule has 0 atom stereocenters. The number of terminal acetylenes is 1. The van der Waals surface area contributed by atoms with Crippen LogP contribution in [0.4, 0.5) is 5.69 Å². The van der Waals surface area contributed by atoms with Crippen LogP contribution in [0.25, 0.3) is 0 Å². The van der Waals surface area contributed by atoms with Gasteiger partial charge in [-0.1, -0.05) is 19.8 Å². The van der Waals surface area contributed by atoms with E-state index in [2.05, 4.69) is 46.1 Å². The first kappa shape index (κ1) is 13.8. The van der Waals surface area contributed by atoms with Crippen LogP contribution in [-0.2, 0) is 6.54 Å². The van der Waals surface area contributed by atoms with Crippen molar-refractivity contribution in [3.05, 3.63) is 21.0 Å². The Morgan fingerprint density at radius 1 is 1.59 bits per heavy atom. The number of anilines is 1. The third-order valence-corrected chi connectivity index (χ3v) is 3.34. The fourth-order valence-electron chi connectivity index (χ4n) is 1.48. The van der Waals surface area contributed by atoms with Gasteiger partial charge < -0.3 is 5.32 Å². The molecular weight excluding hydrogens is 282 g/mol. The van der Waals surface area contributed by atoms with Crippen LogP contribution in [0.5, 0.6) is 0 Å². The maximum absolute atomic E-state index is 11.9. The van der Waals surface area contributed by atoms with Crippen LogP contribution >= 0.6 is 15.9 Å². The third kappa shape index (κ3) is 3.34. The fraction of sp³-hybridized carbons (Fsp3) is 0.500. The minimum atomic E-state index is -0.209. The van der Waals surface area contributed by atoms with Crippen molar-refractivity contribution in [1.29, 1.82) is 0 Å². The lowest BCUT2D eigenvalue weighted by atomic mass is 10.1. The van der Waals surface area contributed by atoms with Crippen molar-refractivity contribution in [3.8, 4) is 12.3 Å². The molecule has 0 unspecified atom stereocenters. The zero-order valence-corrected chi connectivity index (χ0v) is 11.6. The van der Waals surface area contributed by atoms with Crippen LogP contribution in [0.15, 0.2) is 15.5 Å². The number of hydrogen-bond acceptors (Lipinski definition) is 3. The second-order valence-corrected chi connectivity index (χ2v) is 4.49. The molecular formula is C12H16BrN3O. The summed E-state index contributed by atoms with van der Waals surface area (Å²) in [6.45, 7) is 4.38. The number of aromatic nitrogens is 2. The number of halogens is 1. The van der Waals surface area contributed by atoms with Crippen molar-refractivity contribution in [2.24, 2.45) is 0 Å². The van der Waals surface area contributed by atoms with Gasteiger partial charge in [-0.2, -0.15) is 5.10 Å². The van der Waals surface area contributed by atoms with Crippen molar-refractivity contribution in [2.45, 2.75) is 39.3 Å². The standard InChI is InChI=1S/C12H16BrN3O/c1-4-7-16-12(17)11(13)10(8-14-16)15-9(5-2)6-3/h1,8-9,15H,5-7H2,2-3H3. The molecule has 1 aromatic heterocycles. The molecule has 1 N–H and O–H groups in total. The molecule has 5 heteroatoms. The lowest BCUT2D eigenvalue weighted by Gasteiger charge is -2.17. The Morgan fingerprint density at radius 3 is 2.76 bits per heavy atom. The summed E-state index contributed by atoms with van der Waals surface area (Å²) in [7, 11) is 0. The quantitative estimate of drug-likeness (QED) is 0.848. The van der Waals surface area contributed by atoms with E-state index in [0.717, 1.165) is 18.5 Å². The van der Waals surface area contributed by atoms with Gasteiger partial charge in [0.2, 0.25) is 0 Å². The molecule has 0 bridgehead atoms. The van der Waals surface area contributed by atoms with Crippen LogP contribution in [0.2, 0.25) is 0 Å². The average molecular weight is 298 g/mol. The predicted molar refractivity (Wildman–Crippen MR) is 73.0 cm³/mol. The minimum Gasteiger partial charge on any atom is -0.380 e. The molecule has 1 aromatic rings. The highest BCUT2D eigenvalue weighted by atomic mass is 79.9. The van der Waals surface area contributed by atoms with Gasteiger partial charge in [0.25, 0.3) is 5.56 Å². The van der Waals surface area contributed by atoms with Gasteiger partial charge in [-0.15, -0.1) is 6.42 Å². The van der Waals surface area contributed by atoms with Gasteiger partial charge in [0, 0.05) is 6.04 Å². The summed E-state index contributed by atoms with van der Waals surface area (Å²) in [5.74, 6) is 2.39. The summed E-state index contributed by atoms with van der Waals surface area (Å²) < 4.78 is 1.73. The molecule has 0 aromatic carbocycles. The zero-order chi connectivity index (χ0) is 12.8. The smallest absolute Gasteiger partial charge is 0.284 e. The first-order chi connectivity index (χ1) is 8.13. The Morgan fingerprint density at radius 2 is 2.24 bits per heavy atom. The number of nitrogens with zero attached hydrogens (tertiary/aromatic N) is 2. The van der Waals surface area contributed by atoms with Gasteiger partial charge in [0.1, 0.15) is 11.0 Å². The van der Waals surface area contributed by atoms with Crippen molar-refractivity contribution in [3.63, 3.8) is 0 Å². The highest BCUT2D eigenvalue weighted by Gasteiger charge is 2.11. The van der Waals surface area contributed by atoms with E-state index in [-0.39, 0.29) is 12.1 Å². The molecule has 92 valence electrons. The van der Waals surface area contributed by atoms with E-state index in [4.69, 9.17) is 6.42 Å². The van der Waals surface area contributed by atoms with Crippen molar-refractivity contribution >= 4 is 21.6 Å². The number of rotatable bonds is 5. The minimum absolute atomic E-state index is 0.183. The summed E-state index contributed by atoms with van der Waals surface area (Å²) >= 11 is 3.28. The van der Waals surface area contributed by atoms with Crippen LogP contribution in [0.1, 0.15) is 26.7 Å². The van der Waals surface area contributed by atoms with E-state index in [1.54, 1.807) is 6.20 Å². The Kier molecular flexibility index (Phi) is 5.23. The second kappa shape index (κ2) is 6.45. The number of nitrogens with one attached hydrogen (secondary N) is 1. The third-order valence-electron chi connectivity index (χ3n) is 2.57. The summed E-state index contributed by atoms with van der Waals surface area (Å²) in [6, 6.07) is 0.344. The van der Waals surface area contributed by atoms with Crippen molar-refractivity contribution in [1.82, 2.24) is 9.78 Å². The van der Waals surface area contributed by atoms with E-state index in [1.807, 2.05) is 0 Å². The highest BCUT2D eigenvalue weighted by molar-refractivity contribution is 9.10. The maximum Gasteiger partial charge on any atom is 0.284 e. The normalized spacial score (nSPS) is 10.3. The zero-order valence-electron chi connectivity index (χ0n) is 10.0. The molecule has 0 aliphatic heterocycles. The summed E-state index contributed by atoms with van der Waals surface area (Å²) in [6.07, 6.45) is 8.78. The molecule has 0 fully saturated rings. The van der Waals surface area contributed by atoms with Gasteiger partial charge in [-0.05, 0) is 28.8 Å². The Bertz CT molecular complexity index is 472. The SMILES string of the molecule is C#CCn1ncc(NC(CC)CC)c(Br)c1=O. The molecule has 1 rings (SSSR count). The predicted octanol–water partition coefficient (Wildman–Crippen LogP) is 2.24. The van der Waals surface area contributed by atoms with E-state index < -0.39 is 0 Å². The molecule has 0 spiro atoms. The van der Waals surface area contributed by atoms with Gasteiger partial charge in [0.05, 0.1) is 11.9 Å². The lowest BCUT2D eigenvalue weighted by Crippen LogP contribution is -2.26. The van der Waals surface area contributed by atoms with E-state index in [9.17, 15) is 4.79 Å². The highest BCUT2D eigenvalue weighted by Crippen LogP contribution is 2.18. The molecule has 0 saturated carbocycles. The first-order valence-electron chi connectivity index (χ1n) is 5.59. The fourth-order valence-corrected chi connectivity index (χ4v) is 1.90. The Balaban J connectivity index is 3.01. The van der Waals surface area contributed by atoms with Crippen LogP contribution in [0.3, 0.4) is 0 Å². The Hall–Kier alpha value is -1.28. The van der Waals surface area contributed by atoms with E-state index in [1.165, 1.54) is 4.68 Å². The number of hydrogen-bond donors (Lipinski definition) is 1. The topological polar surface area (TPSA) is 46.9 Å². The van der Waals surface area contributed by atoms with Crippen molar-refractivity contribution in [2.75, 3.05) is 5.32 Å². The summed E-state index contributed by atoms with van der Waals surface area (Å²) in [4.78, 5) is 11.9. The second-order valence-electron chi connectivity index (χ2n) is 3.70. The van der Waals surface area contributed by atoms with Gasteiger partial charge in [-0.3, -0.25) is 4.79 Å². The van der Waals surface area contributed by atoms with Gasteiger partial charge in [0.15, 0.2) is 0 Å². The lowest BCUT2D eigenvalue weighted by molar-refractivity contribution is 0.646. The molecule has 0 aliphatic rings. The van der Waals surface area contributed by atoms with Crippen molar-refractivity contribution < 1.29 is 0 Å². The molecule has 0 radical (unpaired) electrons. The molecule has 1 heterocycles. The maximum atomic E-state index is 11.9. The molecule has 0 saturated heterocycles. The largest absolute Gasteiger partial charge is 0.380 e. The van der Waals surface area contributed by atoms with Crippen LogP contribution in [-0.4, -0.2) is 15.8 Å². The van der Waals surface area contributed by atoms with Gasteiger partial charge >= 0.3 is 0 Å².